The molecule has 1 rings (SSSR count). The van der Waals surface area contributed by atoms with Crippen LogP contribution in [0.25, 0.3) is 0 Å². The van der Waals surface area contributed by atoms with Crippen molar-refractivity contribution in [2.75, 3.05) is 26.5 Å². The molecule has 0 amide bonds. The van der Waals surface area contributed by atoms with E-state index < -0.39 is 0 Å². The van der Waals surface area contributed by atoms with Crippen LogP contribution in [0.15, 0.2) is 17.0 Å². The summed E-state index contributed by atoms with van der Waals surface area (Å²) in [5.74, 6) is 2.96. The third-order valence-electron chi connectivity index (χ3n) is 3.49. The fourth-order valence-electron chi connectivity index (χ4n) is 2.28. The van der Waals surface area contributed by atoms with Crippen molar-refractivity contribution in [1.82, 2.24) is 0 Å². The number of thioether (sulfide) groups is 1. The summed E-state index contributed by atoms with van der Waals surface area (Å²) in [5, 5.41) is 0. The Morgan fingerprint density at radius 3 is 2.33 bits per heavy atom. The number of benzene rings is 1. The molecule has 1 aromatic carbocycles. The predicted octanol–water partition coefficient (Wildman–Crippen LogP) is 4.27. The van der Waals surface area contributed by atoms with Crippen LogP contribution in [0, 0.1) is 0 Å². The first-order chi connectivity index (χ1) is 10.3. The van der Waals surface area contributed by atoms with Crippen LogP contribution >= 0.6 is 11.8 Å². The molecule has 1 aromatic rings. The number of hydrogen-bond acceptors (Lipinski definition) is 4. The van der Waals surface area contributed by atoms with E-state index in [1.165, 1.54) is 32.1 Å². The van der Waals surface area contributed by atoms with Gasteiger partial charge in [0.05, 0.1) is 19.1 Å². The van der Waals surface area contributed by atoms with Gasteiger partial charge < -0.3 is 15.2 Å². The number of ether oxygens (including phenoxy) is 2. The monoisotopic (exact) mass is 311 g/mol. The van der Waals surface area contributed by atoms with Gasteiger partial charge in [0.1, 0.15) is 11.5 Å². The minimum Gasteiger partial charge on any atom is -0.496 e. The first-order valence-electron chi connectivity index (χ1n) is 7.84. The summed E-state index contributed by atoms with van der Waals surface area (Å²) in [5.41, 5.74) is 6.77. The molecule has 0 radical (unpaired) electrons. The predicted molar refractivity (Wildman–Crippen MR) is 91.8 cm³/mol. The molecule has 0 aliphatic carbocycles. The fourth-order valence-corrected chi connectivity index (χ4v) is 3.33. The standard InChI is InChI=1S/C17H29NO2S/c1-4-5-6-7-8-11-21-17-13-15(19-2)14(9-10-18)12-16(17)20-3/h12-13H,4-11,18H2,1-3H3. The maximum Gasteiger partial charge on any atom is 0.132 e. The van der Waals surface area contributed by atoms with Crippen LogP contribution in [-0.2, 0) is 6.42 Å². The highest BCUT2D eigenvalue weighted by Crippen LogP contribution is 2.36. The summed E-state index contributed by atoms with van der Waals surface area (Å²) in [6.45, 7) is 2.86. The minimum atomic E-state index is 0.615. The van der Waals surface area contributed by atoms with E-state index in [1.54, 1.807) is 14.2 Å². The Morgan fingerprint density at radius 2 is 1.71 bits per heavy atom. The van der Waals surface area contributed by atoms with Crippen molar-refractivity contribution in [3.63, 3.8) is 0 Å². The van der Waals surface area contributed by atoms with Crippen LogP contribution in [0.4, 0.5) is 0 Å². The van der Waals surface area contributed by atoms with Crippen molar-refractivity contribution in [1.29, 1.82) is 0 Å². The van der Waals surface area contributed by atoms with Gasteiger partial charge in [-0.2, -0.15) is 0 Å². The lowest BCUT2D eigenvalue weighted by Crippen LogP contribution is -2.05. The van der Waals surface area contributed by atoms with E-state index in [9.17, 15) is 0 Å². The lowest BCUT2D eigenvalue weighted by atomic mass is 10.1. The molecular weight excluding hydrogens is 282 g/mol. The van der Waals surface area contributed by atoms with E-state index in [0.717, 1.165) is 34.1 Å². The van der Waals surface area contributed by atoms with Gasteiger partial charge in [0, 0.05) is 0 Å². The van der Waals surface area contributed by atoms with Gasteiger partial charge in [0.2, 0.25) is 0 Å². The Morgan fingerprint density at radius 1 is 1.00 bits per heavy atom. The van der Waals surface area contributed by atoms with Gasteiger partial charge in [-0.3, -0.25) is 0 Å². The summed E-state index contributed by atoms with van der Waals surface area (Å²) < 4.78 is 11.0. The van der Waals surface area contributed by atoms with Gasteiger partial charge in [-0.05, 0) is 42.8 Å². The molecule has 2 N–H and O–H groups in total. The Kier molecular flexibility index (Phi) is 9.35. The van der Waals surface area contributed by atoms with Crippen LogP contribution in [0.1, 0.15) is 44.6 Å². The van der Waals surface area contributed by atoms with E-state index in [1.807, 2.05) is 11.8 Å². The Hall–Kier alpha value is -0.870. The number of unbranched alkanes of at least 4 members (excludes halogenated alkanes) is 4. The highest BCUT2D eigenvalue weighted by molar-refractivity contribution is 7.99. The van der Waals surface area contributed by atoms with Crippen molar-refractivity contribution in [3.8, 4) is 11.5 Å². The summed E-state index contributed by atoms with van der Waals surface area (Å²) >= 11 is 1.85. The number of methoxy groups -OCH3 is 2. The average Bonchev–Trinajstić information content (AvgIpc) is 2.51. The van der Waals surface area contributed by atoms with Crippen molar-refractivity contribution < 1.29 is 9.47 Å². The third kappa shape index (κ3) is 6.18. The summed E-state index contributed by atoms with van der Waals surface area (Å²) in [7, 11) is 3.43. The topological polar surface area (TPSA) is 44.5 Å². The minimum absolute atomic E-state index is 0.615. The molecule has 0 saturated heterocycles. The summed E-state index contributed by atoms with van der Waals surface area (Å²) in [6.07, 6.45) is 7.34. The highest BCUT2D eigenvalue weighted by atomic mass is 32.2. The largest absolute Gasteiger partial charge is 0.496 e. The normalized spacial score (nSPS) is 10.7. The highest BCUT2D eigenvalue weighted by Gasteiger charge is 2.11. The van der Waals surface area contributed by atoms with Crippen molar-refractivity contribution in [2.24, 2.45) is 5.73 Å². The molecule has 0 unspecified atom stereocenters. The summed E-state index contributed by atoms with van der Waals surface area (Å²) in [4.78, 5) is 1.16. The molecule has 0 aliphatic rings. The maximum atomic E-state index is 5.65. The molecule has 4 heteroatoms. The molecule has 0 spiro atoms. The molecule has 0 aliphatic heterocycles. The van der Waals surface area contributed by atoms with Gasteiger partial charge >= 0.3 is 0 Å². The van der Waals surface area contributed by atoms with Crippen molar-refractivity contribution >= 4 is 11.8 Å². The van der Waals surface area contributed by atoms with Gasteiger partial charge in [-0.1, -0.05) is 32.6 Å². The molecule has 0 bridgehead atoms. The van der Waals surface area contributed by atoms with Crippen LogP contribution in [-0.4, -0.2) is 26.5 Å². The second-order valence-corrected chi connectivity index (χ2v) is 6.25. The number of rotatable bonds is 11. The fraction of sp³-hybridized carbons (Fsp3) is 0.647. The van der Waals surface area contributed by atoms with Gasteiger partial charge in [-0.25, -0.2) is 0 Å². The smallest absolute Gasteiger partial charge is 0.132 e. The van der Waals surface area contributed by atoms with Crippen LogP contribution < -0.4 is 15.2 Å². The van der Waals surface area contributed by atoms with Crippen molar-refractivity contribution in [3.05, 3.63) is 17.7 Å². The number of nitrogens with two attached hydrogens (primary N) is 1. The van der Waals surface area contributed by atoms with E-state index >= 15 is 0 Å². The van der Waals surface area contributed by atoms with Gasteiger partial charge in [0.25, 0.3) is 0 Å². The second kappa shape index (κ2) is 10.8. The molecular formula is C17H29NO2S. The lowest BCUT2D eigenvalue weighted by Gasteiger charge is -2.14. The molecule has 0 heterocycles. The van der Waals surface area contributed by atoms with Crippen molar-refractivity contribution in [2.45, 2.75) is 50.3 Å². The summed E-state index contributed by atoms with van der Waals surface area (Å²) in [6, 6.07) is 4.14. The Balaban J connectivity index is 2.63. The molecule has 120 valence electrons. The van der Waals surface area contributed by atoms with E-state index in [0.29, 0.717) is 6.54 Å². The zero-order valence-corrected chi connectivity index (χ0v) is 14.4. The molecule has 21 heavy (non-hydrogen) atoms. The lowest BCUT2D eigenvalue weighted by molar-refractivity contribution is 0.390. The zero-order chi connectivity index (χ0) is 15.5. The Bertz CT molecular complexity index is 410. The van der Waals surface area contributed by atoms with Crippen LogP contribution in [0.3, 0.4) is 0 Å². The third-order valence-corrected chi connectivity index (χ3v) is 4.61. The average molecular weight is 311 g/mol. The maximum absolute atomic E-state index is 5.65. The number of hydrogen-bond donors (Lipinski definition) is 1. The van der Waals surface area contributed by atoms with E-state index in [2.05, 4.69) is 19.1 Å². The molecule has 3 nitrogen and oxygen atoms in total. The quantitative estimate of drug-likeness (QED) is 0.490. The van der Waals surface area contributed by atoms with Crippen LogP contribution in [0.5, 0.6) is 11.5 Å². The first kappa shape index (κ1) is 18.2. The molecule has 0 fully saturated rings. The Labute approximate surface area is 133 Å². The first-order valence-corrected chi connectivity index (χ1v) is 8.83. The second-order valence-electron chi connectivity index (χ2n) is 5.12. The van der Waals surface area contributed by atoms with E-state index in [-0.39, 0.29) is 0 Å². The molecule has 0 saturated carbocycles. The van der Waals surface area contributed by atoms with Gasteiger partial charge in [-0.15, -0.1) is 11.8 Å². The molecule has 0 atom stereocenters. The van der Waals surface area contributed by atoms with Crippen LogP contribution in [0.2, 0.25) is 0 Å². The molecule has 0 aromatic heterocycles. The van der Waals surface area contributed by atoms with Gasteiger partial charge in [0.15, 0.2) is 0 Å². The zero-order valence-electron chi connectivity index (χ0n) is 13.6. The SMILES string of the molecule is CCCCCCCSc1cc(OC)c(CCN)cc1OC. The van der Waals surface area contributed by atoms with E-state index in [4.69, 9.17) is 15.2 Å².